The van der Waals surface area contributed by atoms with Crippen molar-refractivity contribution in [3.05, 3.63) is 93.5 Å². The van der Waals surface area contributed by atoms with Gasteiger partial charge >= 0.3 is 0 Å². The van der Waals surface area contributed by atoms with Crippen LogP contribution in [0, 0.1) is 6.92 Å². The lowest BCUT2D eigenvalue weighted by Crippen LogP contribution is -2.22. The molecule has 0 aromatic heterocycles. The zero-order chi connectivity index (χ0) is 21.2. The summed E-state index contributed by atoms with van der Waals surface area (Å²) in [5.41, 5.74) is 1.28. The number of hydrogen-bond acceptors (Lipinski definition) is 5. The van der Waals surface area contributed by atoms with Gasteiger partial charge in [0.15, 0.2) is 5.78 Å². The molecule has 0 aliphatic heterocycles. The lowest BCUT2D eigenvalue weighted by atomic mass is 10.0. The number of aromatic carboxylic acids is 1. The third kappa shape index (κ3) is 4.72. The van der Waals surface area contributed by atoms with Gasteiger partial charge in [0.1, 0.15) is 0 Å². The highest BCUT2D eigenvalue weighted by Gasteiger charge is 2.20. The summed E-state index contributed by atoms with van der Waals surface area (Å²) in [5, 5.41) is 10.8. The molecule has 0 radical (unpaired) electrons. The minimum absolute atomic E-state index is 0.0376. The van der Waals surface area contributed by atoms with E-state index < -0.39 is 16.0 Å². The fourth-order valence-electron chi connectivity index (χ4n) is 2.68. The minimum Gasteiger partial charge on any atom is -0.545 e. The van der Waals surface area contributed by atoms with Crippen LogP contribution in [0.4, 0.5) is 5.69 Å². The smallest absolute Gasteiger partial charge is 0.262 e. The molecular formula is C21H15BrNO5S-. The van der Waals surface area contributed by atoms with E-state index in [2.05, 4.69) is 20.7 Å². The number of aryl methyl sites for hydroxylation is 1. The zero-order valence-corrected chi connectivity index (χ0v) is 17.6. The van der Waals surface area contributed by atoms with Gasteiger partial charge in [0.2, 0.25) is 0 Å². The van der Waals surface area contributed by atoms with E-state index in [1.165, 1.54) is 30.3 Å². The van der Waals surface area contributed by atoms with Gasteiger partial charge in [0.25, 0.3) is 10.0 Å². The Balaban J connectivity index is 1.92. The molecule has 0 aliphatic rings. The van der Waals surface area contributed by atoms with Crippen molar-refractivity contribution >= 4 is 43.4 Å². The number of anilines is 1. The quantitative estimate of drug-likeness (QED) is 0.554. The van der Waals surface area contributed by atoms with E-state index in [1.807, 2.05) is 0 Å². The van der Waals surface area contributed by atoms with Crippen LogP contribution in [0.1, 0.15) is 31.8 Å². The molecule has 1 N–H and O–H groups in total. The van der Waals surface area contributed by atoms with Crippen LogP contribution < -0.4 is 9.83 Å². The molecule has 0 bridgehead atoms. The number of halogens is 1. The SMILES string of the molecule is Cc1ccc(C(=O)c2ccc(Br)cc2)cc1S(=O)(=O)Nc1ccc(C(=O)[O-])cc1. The molecule has 3 aromatic rings. The number of carboxylic acid groups (broad SMARTS) is 1. The van der Waals surface area contributed by atoms with Gasteiger partial charge in [-0.2, -0.15) is 0 Å². The normalized spacial score (nSPS) is 11.1. The summed E-state index contributed by atoms with van der Waals surface area (Å²) in [7, 11) is -3.99. The molecule has 148 valence electrons. The summed E-state index contributed by atoms with van der Waals surface area (Å²) in [6.45, 7) is 1.63. The largest absolute Gasteiger partial charge is 0.545 e. The average Bonchev–Trinajstić information content (AvgIpc) is 2.68. The van der Waals surface area contributed by atoms with Gasteiger partial charge in [-0.05, 0) is 60.5 Å². The fourth-order valence-corrected chi connectivity index (χ4v) is 4.28. The Kier molecular flexibility index (Phi) is 5.86. The first-order valence-corrected chi connectivity index (χ1v) is 10.7. The molecular weight excluding hydrogens is 458 g/mol. The van der Waals surface area contributed by atoms with E-state index in [4.69, 9.17) is 0 Å². The molecule has 3 rings (SSSR count). The van der Waals surface area contributed by atoms with Crippen LogP contribution >= 0.6 is 15.9 Å². The van der Waals surface area contributed by atoms with Crippen LogP contribution in [0.3, 0.4) is 0 Å². The summed E-state index contributed by atoms with van der Waals surface area (Å²) in [6, 6.07) is 16.4. The minimum atomic E-state index is -3.99. The molecule has 0 unspecified atom stereocenters. The number of benzene rings is 3. The van der Waals surface area contributed by atoms with Gasteiger partial charge in [-0.15, -0.1) is 0 Å². The molecule has 0 atom stereocenters. The number of ketones is 1. The second-order valence-corrected chi connectivity index (χ2v) is 8.85. The van der Waals surface area contributed by atoms with Gasteiger partial charge in [0.05, 0.1) is 10.9 Å². The molecule has 0 aliphatic carbocycles. The molecule has 29 heavy (non-hydrogen) atoms. The Morgan fingerprint density at radius 1 is 0.862 bits per heavy atom. The lowest BCUT2D eigenvalue weighted by molar-refractivity contribution is -0.255. The van der Waals surface area contributed by atoms with Gasteiger partial charge in [-0.3, -0.25) is 9.52 Å². The molecule has 6 nitrogen and oxygen atoms in total. The van der Waals surface area contributed by atoms with Crippen molar-refractivity contribution in [1.29, 1.82) is 0 Å². The first kappa shape index (κ1) is 20.8. The topological polar surface area (TPSA) is 103 Å². The molecule has 0 amide bonds. The Morgan fingerprint density at radius 2 is 1.41 bits per heavy atom. The van der Waals surface area contributed by atoms with Gasteiger partial charge in [0, 0.05) is 21.3 Å². The van der Waals surface area contributed by atoms with E-state index in [-0.39, 0.29) is 27.5 Å². The van der Waals surface area contributed by atoms with Gasteiger partial charge < -0.3 is 9.90 Å². The summed E-state index contributed by atoms with van der Waals surface area (Å²) in [4.78, 5) is 23.5. The third-order valence-corrected chi connectivity index (χ3v) is 6.27. The van der Waals surface area contributed by atoms with Crippen LogP contribution in [0.25, 0.3) is 0 Å². The van der Waals surface area contributed by atoms with Crippen molar-refractivity contribution in [3.8, 4) is 0 Å². The van der Waals surface area contributed by atoms with Crippen molar-refractivity contribution in [2.24, 2.45) is 0 Å². The highest BCUT2D eigenvalue weighted by Crippen LogP contribution is 2.23. The Hall–Kier alpha value is -2.97. The molecule has 0 saturated carbocycles. The first-order chi connectivity index (χ1) is 13.7. The number of hydrogen-bond donors (Lipinski definition) is 1. The standard InChI is InChI=1S/C21H16BrNO5S/c1-13-2-3-16(20(24)14-4-8-17(22)9-5-14)12-19(13)29(27,28)23-18-10-6-15(7-11-18)21(25)26/h2-12,23H,1H3,(H,25,26)/p-1. The van der Waals surface area contributed by atoms with E-state index in [0.29, 0.717) is 11.1 Å². The maximum absolute atomic E-state index is 12.8. The third-order valence-electron chi connectivity index (χ3n) is 4.22. The van der Waals surface area contributed by atoms with Crippen LogP contribution in [0.2, 0.25) is 0 Å². The number of sulfonamides is 1. The van der Waals surface area contributed by atoms with Crippen LogP contribution in [0.15, 0.2) is 76.1 Å². The Bertz CT molecular complexity index is 1190. The molecule has 3 aromatic carbocycles. The molecule has 8 heteroatoms. The molecule has 0 saturated heterocycles. The van der Waals surface area contributed by atoms with Crippen LogP contribution in [-0.4, -0.2) is 20.2 Å². The highest BCUT2D eigenvalue weighted by molar-refractivity contribution is 9.10. The monoisotopic (exact) mass is 472 g/mol. The number of carboxylic acids is 1. The predicted molar refractivity (Wildman–Crippen MR) is 110 cm³/mol. The molecule has 0 fully saturated rings. The van der Waals surface area contributed by atoms with E-state index >= 15 is 0 Å². The van der Waals surface area contributed by atoms with Crippen molar-refractivity contribution in [2.75, 3.05) is 4.72 Å². The number of rotatable bonds is 6. The van der Waals surface area contributed by atoms with E-state index in [0.717, 1.165) is 4.47 Å². The van der Waals surface area contributed by atoms with Gasteiger partial charge in [-0.25, -0.2) is 8.42 Å². The van der Waals surface area contributed by atoms with Crippen molar-refractivity contribution in [2.45, 2.75) is 11.8 Å². The van der Waals surface area contributed by atoms with Crippen molar-refractivity contribution < 1.29 is 23.1 Å². The maximum Gasteiger partial charge on any atom is 0.262 e. The zero-order valence-electron chi connectivity index (χ0n) is 15.2. The summed E-state index contributed by atoms with van der Waals surface area (Å²) in [6.07, 6.45) is 0. The van der Waals surface area contributed by atoms with E-state index in [9.17, 15) is 23.1 Å². The number of nitrogens with one attached hydrogen (secondary N) is 1. The number of carbonyl (C=O) groups is 2. The van der Waals surface area contributed by atoms with Gasteiger partial charge in [-0.1, -0.05) is 40.2 Å². The Labute approximate surface area is 176 Å². The average molecular weight is 473 g/mol. The number of carbonyl (C=O) groups excluding carboxylic acids is 2. The predicted octanol–water partition coefficient (Wildman–Crippen LogP) is 3.15. The highest BCUT2D eigenvalue weighted by atomic mass is 79.9. The summed E-state index contributed by atoms with van der Waals surface area (Å²) < 4.78 is 28.9. The second kappa shape index (κ2) is 8.18. The van der Waals surface area contributed by atoms with E-state index in [1.54, 1.807) is 43.3 Å². The Morgan fingerprint density at radius 3 is 2.00 bits per heavy atom. The molecule has 0 heterocycles. The fraction of sp³-hybridized carbons (Fsp3) is 0.0476. The van der Waals surface area contributed by atoms with Crippen LogP contribution in [0.5, 0.6) is 0 Å². The second-order valence-electron chi connectivity index (χ2n) is 6.29. The summed E-state index contributed by atoms with van der Waals surface area (Å²) in [5.74, 6) is -1.65. The first-order valence-electron chi connectivity index (χ1n) is 8.42. The van der Waals surface area contributed by atoms with Crippen molar-refractivity contribution in [1.82, 2.24) is 0 Å². The summed E-state index contributed by atoms with van der Waals surface area (Å²) >= 11 is 3.31. The maximum atomic E-state index is 12.8. The van der Waals surface area contributed by atoms with Crippen LogP contribution in [-0.2, 0) is 10.0 Å². The van der Waals surface area contributed by atoms with Crippen molar-refractivity contribution in [3.63, 3.8) is 0 Å². The molecule has 0 spiro atoms. The lowest BCUT2D eigenvalue weighted by Gasteiger charge is -2.12.